The lowest BCUT2D eigenvalue weighted by Gasteiger charge is -2.24. The second kappa shape index (κ2) is 7.03. The van der Waals surface area contributed by atoms with Crippen molar-refractivity contribution in [2.24, 2.45) is 0 Å². The number of hydrogen-bond donors (Lipinski definition) is 1. The molecule has 1 aromatic carbocycles. The van der Waals surface area contributed by atoms with Gasteiger partial charge in [0.05, 0.1) is 11.5 Å². The lowest BCUT2D eigenvalue weighted by atomic mass is 10.1. The molecule has 1 fully saturated rings. The third-order valence-electron chi connectivity index (χ3n) is 4.64. The Morgan fingerprint density at radius 3 is 2.69 bits per heavy atom. The number of benzene rings is 1. The van der Waals surface area contributed by atoms with Crippen molar-refractivity contribution < 1.29 is 13.2 Å². The third-order valence-corrected chi connectivity index (χ3v) is 6.39. The molecule has 1 unspecified atom stereocenters. The minimum Gasteiger partial charge on any atom is -0.356 e. The molecule has 8 heteroatoms. The quantitative estimate of drug-likeness (QED) is 0.880. The molecular weight excluding hydrogens is 352 g/mol. The topological polar surface area (TPSA) is 92.3 Å². The van der Waals surface area contributed by atoms with E-state index in [4.69, 9.17) is 0 Å². The van der Waals surface area contributed by atoms with Crippen LogP contribution < -0.4 is 10.2 Å². The van der Waals surface area contributed by atoms with Gasteiger partial charge in [-0.1, -0.05) is 12.1 Å². The summed E-state index contributed by atoms with van der Waals surface area (Å²) >= 11 is 0. The number of amides is 1. The van der Waals surface area contributed by atoms with Crippen LogP contribution in [0.1, 0.15) is 28.0 Å². The van der Waals surface area contributed by atoms with Gasteiger partial charge in [-0.25, -0.2) is 18.4 Å². The van der Waals surface area contributed by atoms with Crippen LogP contribution in [0.3, 0.4) is 0 Å². The summed E-state index contributed by atoms with van der Waals surface area (Å²) in [5.41, 5.74) is 3.00. The number of anilines is 2. The van der Waals surface area contributed by atoms with Crippen molar-refractivity contribution >= 4 is 27.2 Å². The standard InChI is InChI=1S/C18H22N4O3S/c1-12-4-5-13(2)15(8-12)21-18(23)16-9-17(20-11-19-16)22(3)14-6-7-26(24,25)10-14/h4-5,8-9,11,14H,6-7,10H2,1-3H3,(H,21,23). The summed E-state index contributed by atoms with van der Waals surface area (Å²) in [5, 5.41) is 2.87. The van der Waals surface area contributed by atoms with Crippen LogP contribution in [0.4, 0.5) is 11.5 Å². The highest BCUT2D eigenvalue weighted by Gasteiger charge is 2.31. The van der Waals surface area contributed by atoms with Crippen LogP contribution in [0.25, 0.3) is 0 Å². The Morgan fingerprint density at radius 2 is 2.00 bits per heavy atom. The molecule has 1 N–H and O–H groups in total. The third kappa shape index (κ3) is 4.01. The molecule has 7 nitrogen and oxygen atoms in total. The number of sulfone groups is 1. The number of aromatic nitrogens is 2. The van der Waals surface area contributed by atoms with Crippen LogP contribution >= 0.6 is 0 Å². The number of hydrogen-bond acceptors (Lipinski definition) is 6. The predicted molar refractivity (Wildman–Crippen MR) is 101 cm³/mol. The number of aryl methyl sites for hydroxylation is 2. The van der Waals surface area contributed by atoms with E-state index in [1.54, 1.807) is 18.0 Å². The highest BCUT2D eigenvalue weighted by Crippen LogP contribution is 2.22. The fourth-order valence-electron chi connectivity index (χ4n) is 2.99. The molecule has 1 aliphatic heterocycles. The van der Waals surface area contributed by atoms with E-state index in [-0.39, 0.29) is 29.1 Å². The molecule has 1 saturated heterocycles. The summed E-state index contributed by atoms with van der Waals surface area (Å²) in [5.74, 6) is 0.507. The lowest BCUT2D eigenvalue weighted by Crippen LogP contribution is -2.33. The Labute approximate surface area is 153 Å². The molecule has 0 radical (unpaired) electrons. The van der Waals surface area contributed by atoms with E-state index in [0.717, 1.165) is 16.8 Å². The van der Waals surface area contributed by atoms with Gasteiger partial charge < -0.3 is 10.2 Å². The van der Waals surface area contributed by atoms with Gasteiger partial charge in [-0.3, -0.25) is 4.79 Å². The molecular formula is C18H22N4O3S. The lowest BCUT2D eigenvalue weighted by molar-refractivity contribution is 0.102. The van der Waals surface area contributed by atoms with E-state index >= 15 is 0 Å². The molecule has 1 aliphatic rings. The van der Waals surface area contributed by atoms with Crippen molar-refractivity contribution in [3.63, 3.8) is 0 Å². The van der Waals surface area contributed by atoms with Crippen LogP contribution in [-0.4, -0.2) is 48.9 Å². The first-order chi connectivity index (χ1) is 12.2. The molecule has 2 aromatic rings. The van der Waals surface area contributed by atoms with E-state index in [1.807, 2.05) is 32.0 Å². The average Bonchev–Trinajstić information content (AvgIpc) is 2.97. The maximum absolute atomic E-state index is 12.6. The van der Waals surface area contributed by atoms with E-state index < -0.39 is 9.84 Å². The summed E-state index contributed by atoms with van der Waals surface area (Å²) in [6, 6.07) is 7.30. The molecule has 1 amide bonds. The van der Waals surface area contributed by atoms with E-state index in [2.05, 4.69) is 15.3 Å². The van der Waals surface area contributed by atoms with Crippen molar-refractivity contribution in [3.05, 3.63) is 47.4 Å². The molecule has 138 valence electrons. The van der Waals surface area contributed by atoms with E-state index in [9.17, 15) is 13.2 Å². The first-order valence-electron chi connectivity index (χ1n) is 8.39. The molecule has 0 aliphatic carbocycles. The monoisotopic (exact) mass is 374 g/mol. The second-order valence-electron chi connectivity index (χ2n) is 6.70. The molecule has 0 saturated carbocycles. The Kier molecular flexibility index (Phi) is 4.95. The van der Waals surface area contributed by atoms with Crippen molar-refractivity contribution in [2.45, 2.75) is 26.3 Å². The van der Waals surface area contributed by atoms with Crippen LogP contribution in [0.5, 0.6) is 0 Å². The van der Waals surface area contributed by atoms with Crippen molar-refractivity contribution in [1.29, 1.82) is 0 Å². The normalized spacial score (nSPS) is 18.5. The van der Waals surface area contributed by atoms with Crippen molar-refractivity contribution in [2.75, 3.05) is 28.8 Å². The van der Waals surface area contributed by atoms with Crippen LogP contribution in [0, 0.1) is 13.8 Å². The van der Waals surface area contributed by atoms with Gasteiger partial charge in [0.25, 0.3) is 5.91 Å². The van der Waals surface area contributed by atoms with Gasteiger partial charge in [-0.15, -0.1) is 0 Å². The van der Waals surface area contributed by atoms with Crippen LogP contribution in [-0.2, 0) is 9.84 Å². The second-order valence-corrected chi connectivity index (χ2v) is 8.93. The largest absolute Gasteiger partial charge is 0.356 e. The predicted octanol–water partition coefficient (Wildman–Crippen LogP) is 1.97. The summed E-state index contributed by atoms with van der Waals surface area (Å²) in [6.07, 6.45) is 1.89. The first-order valence-corrected chi connectivity index (χ1v) is 10.2. The molecule has 1 atom stereocenters. The Bertz CT molecular complexity index is 943. The Morgan fingerprint density at radius 1 is 1.23 bits per heavy atom. The molecule has 3 rings (SSSR count). The number of carbonyl (C=O) groups is 1. The van der Waals surface area contributed by atoms with Crippen LogP contribution in [0.15, 0.2) is 30.6 Å². The summed E-state index contributed by atoms with van der Waals surface area (Å²) in [4.78, 5) is 22.6. The fourth-order valence-corrected chi connectivity index (χ4v) is 4.76. The van der Waals surface area contributed by atoms with Gasteiger partial charge in [-0.2, -0.15) is 0 Å². The van der Waals surface area contributed by atoms with Gasteiger partial charge in [-0.05, 0) is 37.5 Å². The molecule has 1 aromatic heterocycles. The molecule has 2 heterocycles. The Hall–Kier alpha value is -2.48. The van der Waals surface area contributed by atoms with Crippen molar-refractivity contribution in [1.82, 2.24) is 9.97 Å². The summed E-state index contributed by atoms with van der Waals surface area (Å²) in [6.45, 7) is 3.89. The molecule has 0 spiro atoms. The average molecular weight is 374 g/mol. The highest BCUT2D eigenvalue weighted by atomic mass is 32.2. The highest BCUT2D eigenvalue weighted by molar-refractivity contribution is 7.91. The van der Waals surface area contributed by atoms with Gasteiger partial charge in [0.1, 0.15) is 17.8 Å². The zero-order valence-electron chi connectivity index (χ0n) is 15.1. The minimum absolute atomic E-state index is 0.109. The zero-order valence-corrected chi connectivity index (χ0v) is 15.9. The minimum atomic E-state index is -2.99. The van der Waals surface area contributed by atoms with Gasteiger partial charge in [0, 0.05) is 24.8 Å². The smallest absolute Gasteiger partial charge is 0.274 e. The van der Waals surface area contributed by atoms with E-state index in [0.29, 0.717) is 12.2 Å². The SMILES string of the molecule is Cc1ccc(C)c(NC(=O)c2cc(N(C)C3CCS(=O)(=O)C3)ncn2)c1. The number of carbonyl (C=O) groups excluding carboxylic acids is 1. The van der Waals surface area contributed by atoms with Crippen molar-refractivity contribution in [3.8, 4) is 0 Å². The van der Waals surface area contributed by atoms with Gasteiger partial charge >= 0.3 is 0 Å². The van der Waals surface area contributed by atoms with Crippen LogP contribution in [0.2, 0.25) is 0 Å². The summed E-state index contributed by atoms with van der Waals surface area (Å²) < 4.78 is 23.4. The zero-order chi connectivity index (χ0) is 18.9. The maximum Gasteiger partial charge on any atom is 0.274 e. The number of nitrogens with one attached hydrogen (secondary N) is 1. The first kappa shape index (κ1) is 18.3. The summed E-state index contributed by atoms with van der Waals surface area (Å²) in [7, 11) is -1.20. The Balaban J connectivity index is 1.78. The molecule has 0 bridgehead atoms. The van der Waals surface area contributed by atoms with Gasteiger partial charge in [0.2, 0.25) is 0 Å². The van der Waals surface area contributed by atoms with Gasteiger partial charge in [0.15, 0.2) is 9.84 Å². The number of nitrogens with zero attached hydrogens (tertiary/aromatic N) is 3. The van der Waals surface area contributed by atoms with E-state index in [1.165, 1.54) is 6.33 Å². The molecule has 26 heavy (non-hydrogen) atoms. The maximum atomic E-state index is 12.6. The fraction of sp³-hybridized carbons (Fsp3) is 0.389. The number of rotatable bonds is 4.